The van der Waals surface area contributed by atoms with Gasteiger partial charge in [-0.1, -0.05) is 26.0 Å². The summed E-state index contributed by atoms with van der Waals surface area (Å²) in [6.45, 7) is 8.44. The summed E-state index contributed by atoms with van der Waals surface area (Å²) in [5, 5.41) is 8.89. The van der Waals surface area contributed by atoms with Gasteiger partial charge in [0.1, 0.15) is 5.75 Å². The highest BCUT2D eigenvalue weighted by Gasteiger charge is 2.24. The second kappa shape index (κ2) is 5.21. The van der Waals surface area contributed by atoms with E-state index in [1.165, 1.54) is 0 Å². The van der Waals surface area contributed by atoms with Crippen molar-refractivity contribution < 1.29 is 14.6 Å². The first-order valence-electron chi connectivity index (χ1n) is 5.82. The average Bonchev–Trinajstić information content (AvgIpc) is 2.19. The number of rotatable bonds is 5. The van der Waals surface area contributed by atoms with E-state index in [1.54, 1.807) is 0 Å². The Morgan fingerprint density at radius 2 is 2.06 bits per heavy atom. The van der Waals surface area contributed by atoms with Crippen LogP contribution in [-0.4, -0.2) is 17.7 Å². The van der Waals surface area contributed by atoms with Gasteiger partial charge in [0.05, 0.1) is 13.0 Å². The molecule has 0 fully saturated rings. The number of carbonyl (C=O) groups is 1. The number of carboxylic acid groups (broad SMARTS) is 1. The van der Waals surface area contributed by atoms with Gasteiger partial charge in [-0.3, -0.25) is 4.79 Å². The van der Waals surface area contributed by atoms with Gasteiger partial charge in [-0.2, -0.15) is 0 Å². The molecule has 0 spiro atoms. The largest absolute Gasteiger partial charge is 0.494 e. The van der Waals surface area contributed by atoms with Gasteiger partial charge in [0.15, 0.2) is 0 Å². The van der Waals surface area contributed by atoms with Gasteiger partial charge in [0.2, 0.25) is 0 Å². The highest BCUT2D eigenvalue weighted by atomic mass is 16.5. The SMILES string of the molecule is CCOc1ccc(C(C)(C)CC(=O)O)cc1C. The first kappa shape index (κ1) is 13.6. The molecule has 94 valence electrons. The monoisotopic (exact) mass is 236 g/mol. The topological polar surface area (TPSA) is 46.5 Å². The summed E-state index contributed by atoms with van der Waals surface area (Å²) in [5.41, 5.74) is 1.71. The van der Waals surface area contributed by atoms with E-state index in [1.807, 2.05) is 45.9 Å². The minimum atomic E-state index is -0.776. The van der Waals surface area contributed by atoms with Crippen molar-refractivity contribution in [2.75, 3.05) is 6.61 Å². The van der Waals surface area contributed by atoms with Gasteiger partial charge in [-0.05, 0) is 31.0 Å². The minimum Gasteiger partial charge on any atom is -0.494 e. The van der Waals surface area contributed by atoms with Crippen LogP contribution in [-0.2, 0) is 10.2 Å². The van der Waals surface area contributed by atoms with Crippen molar-refractivity contribution in [1.29, 1.82) is 0 Å². The van der Waals surface area contributed by atoms with Crippen LogP contribution in [0.1, 0.15) is 38.3 Å². The number of aliphatic carboxylic acids is 1. The van der Waals surface area contributed by atoms with E-state index in [9.17, 15) is 4.79 Å². The predicted molar refractivity (Wildman–Crippen MR) is 67.6 cm³/mol. The van der Waals surface area contributed by atoms with Crippen molar-refractivity contribution in [3.63, 3.8) is 0 Å². The van der Waals surface area contributed by atoms with Crippen molar-refractivity contribution in [3.8, 4) is 5.75 Å². The van der Waals surface area contributed by atoms with E-state index < -0.39 is 5.97 Å². The van der Waals surface area contributed by atoms with Crippen molar-refractivity contribution >= 4 is 5.97 Å². The van der Waals surface area contributed by atoms with Gasteiger partial charge in [-0.15, -0.1) is 0 Å². The van der Waals surface area contributed by atoms with E-state index in [2.05, 4.69) is 0 Å². The van der Waals surface area contributed by atoms with E-state index in [0.29, 0.717) is 6.61 Å². The summed E-state index contributed by atoms with van der Waals surface area (Å²) in [6.07, 6.45) is 0.125. The summed E-state index contributed by atoms with van der Waals surface area (Å²) in [6, 6.07) is 5.87. The van der Waals surface area contributed by atoms with Crippen molar-refractivity contribution in [3.05, 3.63) is 29.3 Å². The zero-order chi connectivity index (χ0) is 13.1. The maximum atomic E-state index is 10.8. The molecular formula is C14H20O3. The number of aryl methyl sites for hydroxylation is 1. The van der Waals surface area contributed by atoms with Crippen LogP contribution >= 0.6 is 0 Å². The molecule has 3 heteroatoms. The molecule has 0 unspecified atom stereocenters. The first-order valence-corrected chi connectivity index (χ1v) is 5.82. The third-order valence-corrected chi connectivity index (χ3v) is 2.85. The lowest BCUT2D eigenvalue weighted by Gasteiger charge is -2.24. The van der Waals surface area contributed by atoms with E-state index in [0.717, 1.165) is 16.9 Å². The molecule has 0 radical (unpaired) electrons. The molecule has 17 heavy (non-hydrogen) atoms. The fourth-order valence-electron chi connectivity index (χ4n) is 1.87. The van der Waals surface area contributed by atoms with Gasteiger partial charge >= 0.3 is 5.97 Å². The molecule has 0 aromatic heterocycles. The second-order valence-corrected chi connectivity index (χ2v) is 4.87. The molecule has 1 aromatic carbocycles. The lowest BCUT2D eigenvalue weighted by molar-refractivity contribution is -0.138. The van der Waals surface area contributed by atoms with Crippen LogP contribution < -0.4 is 4.74 Å². The van der Waals surface area contributed by atoms with Crippen LogP contribution in [0.15, 0.2) is 18.2 Å². The molecule has 0 saturated heterocycles. The molecule has 0 atom stereocenters. The Bertz CT molecular complexity index is 408. The molecule has 0 aliphatic carbocycles. The summed E-state index contributed by atoms with van der Waals surface area (Å²) < 4.78 is 5.47. The summed E-state index contributed by atoms with van der Waals surface area (Å²) in [7, 11) is 0. The number of ether oxygens (including phenoxy) is 1. The van der Waals surface area contributed by atoms with Crippen LogP contribution in [0.3, 0.4) is 0 Å². The average molecular weight is 236 g/mol. The van der Waals surface area contributed by atoms with Crippen LogP contribution in [0.5, 0.6) is 5.75 Å². The molecule has 0 bridgehead atoms. The zero-order valence-electron chi connectivity index (χ0n) is 10.9. The van der Waals surface area contributed by atoms with Crippen molar-refractivity contribution in [2.45, 2.75) is 39.5 Å². The predicted octanol–water partition coefficient (Wildman–Crippen LogP) is 3.15. The van der Waals surface area contributed by atoms with Crippen LogP contribution in [0.25, 0.3) is 0 Å². The highest BCUT2D eigenvalue weighted by molar-refractivity contribution is 5.69. The van der Waals surface area contributed by atoms with Crippen LogP contribution in [0.4, 0.5) is 0 Å². The molecule has 0 saturated carbocycles. The Balaban J connectivity index is 3.00. The Hall–Kier alpha value is -1.51. The van der Waals surface area contributed by atoms with Crippen molar-refractivity contribution in [2.24, 2.45) is 0 Å². The Labute approximate surface area is 102 Å². The standard InChI is InChI=1S/C14H20O3/c1-5-17-12-7-6-11(8-10(12)2)14(3,4)9-13(15)16/h6-8H,5,9H2,1-4H3,(H,15,16). The molecule has 1 N–H and O–H groups in total. The molecule has 0 heterocycles. The maximum absolute atomic E-state index is 10.8. The third kappa shape index (κ3) is 3.48. The number of hydrogen-bond acceptors (Lipinski definition) is 2. The molecule has 3 nitrogen and oxygen atoms in total. The Kier molecular flexibility index (Phi) is 4.16. The van der Waals surface area contributed by atoms with Crippen molar-refractivity contribution in [1.82, 2.24) is 0 Å². The Morgan fingerprint density at radius 3 is 2.53 bits per heavy atom. The van der Waals surface area contributed by atoms with Crippen LogP contribution in [0.2, 0.25) is 0 Å². The summed E-state index contributed by atoms with van der Waals surface area (Å²) >= 11 is 0. The molecule has 1 rings (SSSR count). The summed E-state index contributed by atoms with van der Waals surface area (Å²) in [4.78, 5) is 10.8. The second-order valence-electron chi connectivity index (χ2n) is 4.87. The number of benzene rings is 1. The molecule has 0 aliphatic heterocycles. The minimum absolute atomic E-state index is 0.125. The molecular weight excluding hydrogens is 216 g/mol. The molecule has 1 aromatic rings. The lowest BCUT2D eigenvalue weighted by Crippen LogP contribution is -2.21. The quantitative estimate of drug-likeness (QED) is 0.854. The fraction of sp³-hybridized carbons (Fsp3) is 0.500. The smallest absolute Gasteiger partial charge is 0.304 e. The highest BCUT2D eigenvalue weighted by Crippen LogP contribution is 2.30. The fourth-order valence-corrected chi connectivity index (χ4v) is 1.87. The first-order chi connectivity index (χ1) is 7.86. The lowest BCUT2D eigenvalue weighted by atomic mass is 9.81. The number of hydrogen-bond donors (Lipinski definition) is 1. The van der Waals surface area contributed by atoms with E-state index in [4.69, 9.17) is 9.84 Å². The van der Waals surface area contributed by atoms with Gasteiger partial charge < -0.3 is 9.84 Å². The van der Waals surface area contributed by atoms with Gasteiger partial charge in [-0.25, -0.2) is 0 Å². The maximum Gasteiger partial charge on any atom is 0.304 e. The van der Waals surface area contributed by atoms with E-state index >= 15 is 0 Å². The van der Waals surface area contributed by atoms with Gasteiger partial charge in [0, 0.05) is 5.41 Å². The van der Waals surface area contributed by atoms with Crippen LogP contribution in [0, 0.1) is 6.92 Å². The van der Waals surface area contributed by atoms with E-state index in [-0.39, 0.29) is 11.8 Å². The third-order valence-electron chi connectivity index (χ3n) is 2.85. The molecule has 0 aliphatic rings. The zero-order valence-corrected chi connectivity index (χ0v) is 10.9. The normalized spacial score (nSPS) is 11.3. The number of carboxylic acids is 1. The Morgan fingerprint density at radius 1 is 1.41 bits per heavy atom. The van der Waals surface area contributed by atoms with Gasteiger partial charge in [0.25, 0.3) is 0 Å². The molecule has 0 amide bonds. The summed E-state index contributed by atoms with van der Waals surface area (Å²) in [5.74, 6) is 0.0870.